The minimum absolute atomic E-state index is 0.480. The van der Waals surface area contributed by atoms with E-state index in [9.17, 15) is 0 Å². The predicted octanol–water partition coefficient (Wildman–Crippen LogP) is 3.39. The summed E-state index contributed by atoms with van der Waals surface area (Å²) in [6.07, 6.45) is 5.64. The maximum absolute atomic E-state index is 4.06. The molecule has 3 heteroatoms. The molecule has 1 atom stereocenters. The predicted molar refractivity (Wildman–Crippen MR) is 75.7 cm³/mol. The van der Waals surface area contributed by atoms with Gasteiger partial charge in [-0.15, -0.1) is 0 Å². The average molecular weight is 243 g/mol. The SMILES string of the molecule is CC(C)C(C)Nc1cccc(Cn2ccnc2)c1. The Bertz CT molecular complexity index is 474. The highest BCUT2D eigenvalue weighted by molar-refractivity contribution is 5.46. The third kappa shape index (κ3) is 3.36. The van der Waals surface area contributed by atoms with Crippen molar-refractivity contribution in [2.24, 2.45) is 5.92 Å². The van der Waals surface area contributed by atoms with Gasteiger partial charge >= 0.3 is 0 Å². The van der Waals surface area contributed by atoms with E-state index in [1.54, 1.807) is 0 Å². The molecule has 0 aliphatic rings. The second kappa shape index (κ2) is 5.71. The quantitative estimate of drug-likeness (QED) is 0.872. The van der Waals surface area contributed by atoms with Gasteiger partial charge in [-0.2, -0.15) is 0 Å². The molecule has 1 N–H and O–H groups in total. The molecule has 0 aliphatic carbocycles. The molecule has 96 valence electrons. The highest BCUT2D eigenvalue weighted by Gasteiger charge is 2.06. The molecule has 0 saturated heterocycles. The molecule has 1 aromatic heterocycles. The second-order valence-corrected chi connectivity index (χ2v) is 5.11. The molecular weight excluding hydrogens is 222 g/mol. The lowest BCUT2D eigenvalue weighted by atomic mass is 10.1. The van der Waals surface area contributed by atoms with E-state index in [0.29, 0.717) is 12.0 Å². The lowest BCUT2D eigenvalue weighted by Gasteiger charge is -2.19. The van der Waals surface area contributed by atoms with E-state index in [1.807, 2.05) is 18.7 Å². The van der Waals surface area contributed by atoms with E-state index in [4.69, 9.17) is 0 Å². The first kappa shape index (κ1) is 12.7. The molecule has 1 aromatic carbocycles. The highest BCUT2D eigenvalue weighted by atomic mass is 15.0. The van der Waals surface area contributed by atoms with Crippen molar-refractivity contribution in [1.82, 2.24) is 9.55 Å². The molecule has 0 bridgehead atoms. The molecule has 18 heavy (non-hydrogen) atoms. The first-order chi connectivity index (χ1) is 8.65. The van der Waals surface area contributed by atoms with Gasteiger partial charge < -0.3 is 9.88 Å². The number of hydrogen-bond acceptors (Lipinski definition) is 2. The number of imidazole rings is 1. The Morgan fingerprint density at radius 3 is 2.78 bits per heavy atom. The summed E-state index contributed by atoms with van der Waals surface area (Å²) in [6, 6.07) is 9.05. The Morgan fingerprint density at radius 2 is 2.11 bits per heavy atom. The van der Waals surface area contributed by atoms with Crippen LogP contribution in [0.3, 0.4) is 0 Å². The molecule has 1 unspecified atom stereocenters. The molecule has 0 fully saturated rings. The molecule has 0 saturated carbocycles. The number of aromatic nitrogens is 2. The van der Waals surface area contributed by atoms with E-state index >= 15 is 0 Å². The Kier molecular flexibility index (Phi) is 4.03. The van der Waals surface area contributed by atoms with Crippen LogP contribution in [0, 0.1) is 5.92 Å². The van der Waals surface area contributed by atoms with E-state index < -0.39 is 0 Å². The van der Waals surface area contributed by atoms with Crippen LogP contribution in [0.25, 0.3) is 0 Å². The third-order valence-electron chi connectivity index (χ3n) is 3.25. The molecule has 0 spiro atoms. The van der Waals surface area contributed by atoms with Gasteiger partial charge in [-0.05, 0) is 30.5 Å². The van der Waals surface area contributed by atoms with Crippen molar-refractivity contribution >= 4 is 5.69 Å². The summed E-state index contributed by atoms with van der Waals surface area (Å²) < 4.78 is 2.07. The van der Waals surface area contributed by atoms with Crippen molar-refractivity contribution in [2.75, 3.05) is 5.32 Å². The smallest absolute Gasteiger partial charge is 0.0949 e. The second-order valence-electron chi connectivity index (χ2n) is 5.11. The van der Waals surface area contributed by atoms with Crippen molar-refractivity contribution in [3.8, 4) is 0 Å². The van der Waals surface area contributed by atoms with Crippen LogP contribution in [0.2, 0.25) is 0 Å². The van der Waals surface area contributed by atoms with E-state index in [1.165, 1.54) is 11.3 Å². The summed E-state index contributed by atoms with van der Waals surface area (Å²) in [5, 5.41) is 3.54. The lowest BCUT2D eigenvalue weighted by Crippen LogP contribution is -2.21. The number of anilines is 1. The normalized spacial score (nSPS) is 12.7. The molecule has 0 aliphatic heterocycles. The maximum Gasteiger partial charge on any atom is 0.0949 e. The van der Waals surface area contributed by atoms with Crippen LogP contribution in [0.5, 0.6) is 0 Å². The zero-order chi connectivity index (χ0) is 13.0. The standard InChI is InChI=1S/C15H21N3/c1-12(2)13(3)17-15-6-4-5-14(9-15)10-18-8-7-16-11-18/h4-9,11-13,17H,10H2,1-3H3. The minimum Gasteiger partial charge on any atom is -0.382 e. The Labute approximate surface area is 109 Å². The van der Waals surface area contributed by atoms with Gasteiger partial charge in [0.15, 0.2) is 0 Å². The number of benzene rings is 1. The van der Waals surface area contributed by atoms with Gasteiger partial charge in [0.1, 0.15) is 0 Å². The van der Waals surface area contributed by atoms with Gasteiger partial charge in [0.2, 0.25) is 0 Å². The number of rotatable bonds is 5. The van der Waals surface area contributed by atoms with Gasteiger partial charge in [-0.3, -0.25) is 0 Å². The fourth-order valence-corrected chi connectivity index (χ4v) is 1.78. The number of nitrogens with zero attached hydrogens (tertiary/aromatic N) is 2. The molecule has 2 rings (SSSR count). The van der Waals surface area contributed by atoms with Crippen LogP contribution in [0.1, 0.15) is 26.3 Å². The summed E-state index contributed by atoms with van der Waals surface area (Å²) in [5.41, 5.74) is 2.47. The lowest BCUT2D eigenvalue weighted by molar-refractivity contribution is 0.560. The number of hydrogen-bond donors (Lipinski definition) is 1. The van der Waals surface area contributed by atoms with Gasteiger partial charge in [-0.1, -0.05) is 26.0 Å². The van der Waals surface area contributed by atoms with Gasteiger partial charge in [0.05, 0.1) is 6.33 Å². The van der Waals surface area contributed by atoms with Crippen molar-refractivity contribution < 1.29 is 0 Å². The van der Waals surface area contributed by atoms with Crippen molar-refractivity contribution in [2.45, 2.75) is 33.4 Å². The summed E-state index contributed by atoms with van der Waals surface area (Å²) in [5.74, 6) is 0.627. The zero-order valence-electron chi connectivity index (χ0n) is 11.3. The first-order valence-corrected chi connectivity index (χ1v) is 6.46. The van der Waals surface area contributed by atoms with Crippen molar-refractivity contribution in [3.63, 3.8) is 0 Å². The summed E-state index contributed by atoms with van der Waals surface area (Å²) in [4.78, 5) is 4.06. The van der Waals surface area contributed by atoms with Gasteiger partial charge in [0, 0.05) is 30.7 Å². The van der Waals surface area contributed by atoms with Gasteiger partial charge in [-0.25, -0.2) is 4.98 Å². The average Bonchev–Trinajstić information content (AvgIpc) is 2.82. The topological polar surface area (TPSA) is 29.9 Å². The van der Waals surface area contributed by atoms with Crippen LogP contribution < -0.4 is 5.32 Å². The Morgan fingerprint density at radius 1 is 1.28 bits per heavy atom. The fraction of sp³-hybridized carbons (Fsp3) is 0.400. The fourth-order valence-electron chi connectivity index (χ4n) is 1.78. The van der Waals surface area contributed by atoms with Crippen molar-refractivity contribution in [1.29, 1.82) is 0 Å². The van der Waals surface area contributed by atoms with Crippen LogP contribution >= 0.6 is 0 Å². The van der Waals surface area contributed by atoms with Crippen molar-refractivity contribution in [3.05, 3.63) is 48.5 Å². The van der Waals surface area contributed by atoms with Crippen LogP contribution in [-0.2, 0) is 6.54 Å². The maximum atomic E-state index is 4.06. The largest absolute Gasteiger partial charge is 0.382 e. The summed E-state index contributed by atoms with van der Waals surface area (Å²) in [6.45, 7) is 7.54. The van der Waals surface area contributed by atoms with Crippen LogP contribution in [0.4, 0.5) is 5.69 Å². The molecule has 0 radical (unpaired) electrons. The monoisotopic (exact) mass is 243 g/mol. The molecule has 1 heterocycles. The molecule has 3 nitrogen and oxygen atoms in total. The van der Waals surface area contributed by atoms with Crippen LogP contribution in [-0.4, -0.2) is 15.6 Å². The highest BCUT2D eigenvalue weighted by Crippen LogP contribution is 2.15. The number of nitrogens with one attached hydrogen (secondary N) is 1. The molecule has 2 aromatic rings. The molecule has 0 amide bonds. The minimum atomic E-state index is 0.480. The Hall–Kier alpha value is -1.77. The van der Waals surface area contributed by atoms with Gasteiger partial charge in [0.25, 0.3) is 0 Å². The molecular formula is C15H21N3. The van der Waals surface area contributed by atoms with Crippen LogP contribution in [0.15, 0.2) is 43.0 Å². The summed E-state index contributed by atoms with van der Waals surface area (Å²) >= 11 is 0. The zero-order valence-corrected chi connectivity index (χ0v) is 11.3. The third-order valence-corrected chi connectivity index (χ3v) is 3.25. The Balaban J connectivity index is 2.05. The van der Waals surface area contributed by atoms with E-state index in [-0.39, 0.29) is 0 Å². The summed E-state index contributed by atoms with van der Waals surface area (Å²) in [7, 11) is 0. The van der Waals surface area contributed by atoms with E-state index in [0.717, 1.165) is 6.54 Å². The first-order valence-electron chi connectivity index (χ1n) is 6.46. The van der Waals surface area contributed by atoms with E-state index in [2.05, 4.69) is 59.9 Å².